The predicted octanol–water partition coefficient (Wildman–Crippen LogP) is 4.12. The number of amides is 2. The smallest absolute Gasteiger partial charge is 0.340 e. The topological polar surface area (TPSA) is 107 Å². The van der Waals surface area contributed by atoms with Gasteiger partial charge in [-0.25, -0.2) is 9.18 Å². The molecule has 0 spiro atoms. The van der Waals surface area contributed by atoms with Crippen LogP contribution in [0.5, 0.6) is 0 Å². The van der Waals surface area contributed by atoms with Crippen molar-refractivity contribution in [1.29, 1.82) is 0 Å². The number of carbonyl (C=O) groups excluding carboxylic acids is 3. The fourth-order valence-corrected chi connectivity index (χ4v) is 2.91. The summed E-state index contributed by atoms with van der Waals surface area (Å²) in [4.78, 5) is 36.0. The van der Waals surface area contributed by atoms with Crippen LogP contribution in [0, 0.1) is 5.82 Å². The van der Waals surface area contributed by atoms with E-state index >= 15 is 0 Å². The second-order valence-electron chi connectivity index (χ2n) is 6.48. The quantitative estimate of drug-likeness (QED) is 0.490. The van der Waals surface area contributed by atoms with Gasteiger partial charge in [0.05, 0.1) is 36.6 Å². The first-order valence-corrected chi connectivity index (χ1v) is 9.62. The summed E-state index contributed by atoms with van der Waals surface area (Å²) in [5, 5.41) is 5.17. The highest BCUT2D eigenvalue weighted by molar-refractivity contribution is 6.31. The third-order valence-corrected chi connectivity index (χ3v) is 4.46. The Morgan fingerprint density at radius 1 is 0.969 bits per heavy atom. The van der Waals surface area contributed by atoms with Crippen LogP contribution < -0.4 is 10.6 Å². The second kappa shape index (κ2) is 10.6. The molecule has 0 saturated heterocycles. The van der Waals surface area contributed by atoms with Gasteiger partial charge in [0, 0.05) is 10.6 Å². The Labute approximate surface area is 187 Å². The van der Waals surface area contributed by atoms with Gasteiger partial charge in [-0.3, -0.25) is 9.59 Å². The average molecular weight is 461 g/mol. The fraction of sp³-hybridized carbons (Fsp3) is 0.136. The van der Waals surface area contributed by atoms with Gasteiger partial charge in [-0.1, -0.05) is 17.7 Å². The van der Waals surface area contributed by atoms with E-state index in [0.717, 1.165) is 5.56 Å². The van der Waals surface area contributed by atoms with Crippen molar-refractivity contribution in [2.24, 2.45) is 0 Å². The Hall–Kier alpha value is -3.69. The first kappa shape index (κ1) is 23.0. The van der Waals surface area contributed by atoms with Gasteiger partial charge in [-0.2, -0.15) is 0 Å². The molecule has 0 bridgehead atoms. The molecule has 0 unspecified atom stereocenters. The summed E-state index contributed by atoms with van der Waals surface area (Å²) in [5.74, 6) is -2.56. The van der Waals surface area contributed by atoms with E-state index in [2.05, 4.69) is 15.4 Å². The lowest BCUT2D eigenvalue weighted by Crippen LogP contribution is -2.25. The summed E-state index contributed by atoms with van der Waals surface area (Å²) in [7, 11) is 1.20. The van der Waals surface area contributed by atoms with E-state index in [9.17, 15) is 18.8 Å². The third kappa shape index (κ3) is 5.93. The van der Waals surface area contributed by atoms with E-state index in [1.54, 1.807) is 12.1 Å². The number of hydrogen-bond acceptors (Lipinski definition) is 6. The van der Waals surface area contributed by atoms with E-state index in [-0.39, 0.29) is 16.9 Å². The summed E-state index contributed by atoms with van der Waals surface area (Å²) in [6, 6.07) is 10.2. The van der Waals surface area contributed by atoms with Gasteiger partial charge in [0.2, 0.25) is 11.8 Å². The molecule has 2 N–H and O–H groups in total. The fourth-order valence-electron chi connectivity index (χ4n) is 2.74. The van der Waals surface area contributed by atoms with E-state index in [4.69, 9.17) is 20.8 Å². The Morgan fingerprint density at radius 3 is 2.34 bits per heavy atom. The van der Waals surface area contributed by atoms with E-state index < -0.39 is 36.8 Å². The van der Waals surface area contributed by atoms with E-state index in [0.29, 0.717) is 10.6 Å². The number of benzene rings is 2. The maximum Gasteiger partial charge on any atom is 0.340 e. The van der Waals surface area contributed by atoms with Crippen molar-refractivity contribution in [2.45, 2.75) is 0 Å². The number of rotatable bonds is 8. The minimum Gasteiger partial charge on any atom is -0.472 e. The molecule has 10 heteroatoms. The van der Waals surface area contributed by atoms with Gasteiger partial charge >= 0.3 is 5.97 Å². The predicted molar refractivity (Wildman–Crippen MR) is 115 cm³/mol. The summed E-state index contributed by atoms with van der Waals surface area (Å²) < 4.78 is 28.8. The molecule has 8 nitrogen and oxygen atoms in total. The van der Waals surface area contributed by atoms with E-state index in [1.807, 2.05) is 0 Å². The van der Waals surface area contributed by atoms with Crippen molar-refractivity contribution in [1.82, 2.24) is 0 Å². The Kier molecular flexibility index (Phi) is 7.58. The Morgan fingerprint density at radius 2 is 1.69 bits per heavy atom. The molecule has 1 aromatic heterocycles. The van der Waals surface area contributed by atoms with Crippen molar-refractivity contribution in [3.8, 4) is 11.1 Å². The van der Waals surface area contributed by atoms with Gasteiger partial charge in [-0.15, -0.1) is 0 Å². The summed E-state index contributed by atoms with van der Waals surface area (Å²) >= 11 is 5.87. The van der Waals surface area contributed by atoms with Crippen LogP contribution in [-0.4, -0.2) is 38.1 Å². The monoisotopic (exact) mass is 460 g/mol. The standard InChI is InChI=1S/C22H18ClFN2O6/c1-30-22(29)16-9-15(23)3-5-18(16)25-20(27)11-32-12-21(28)26-19-8-13(2-4-17(19)24)14-6-7-31-10-14/h2-10H,11-12H2,1H3,(H,25,27)(H,26,28). The van der Waals surface area contributed by atoms with Crippen LogP contribution >= 0.6 is 11.6 Å². The number of ether oxygens (including phenoxy) is 2. The van der Waals surface area contributed by atoms with Crippen molar-refractivity contribution < 1.29 is 32.7 Å². The minimum atomic E-state index is -0.678. The number of carbonyl (C=O) groups is 3. The summed E-state index contributed by atoms with van der Waals surface area (Å²) in [6.07, 6.45) is 2.97. The lowest BCUT2D eigenvalue weighted by Gasteiger charge is -2.11. The molecule has 0 saturated carbocycles. The van der Waals surface area contributed by atoms with Crippen molar-refractivity contribution in [3.05, 3.63) is 71.4 Å². The molecule has 32 heavy (non-hydrogen) atoms. The van der Waals surface area contributed by atoms with Crippen LogP contribution in [0.1, 0.15) is 10.4 Å². The minimum absolute atomic E-state index is 0.0364. The molecule has 1 heterocycles. The van der Waals surface area contributed by atoms with Crippen LogP contribution in [0.2, 0.25) is 5.02 Å². The van der Waals surface area contributed by atoms with Crippen LogP contribution in [0.25, 0.3) is 11.1 Å². The molecule has 0 radical (unpaired) electrons. The highest BCUT2D eigenvalue weighted by atomic mass is 35.5. The number of anilines is 2. The highest BCUT2D eigenvalue weighted by Crippen LogP contribution is 2.25. The molecule has 3 aromatic rings. The van der Waals surface area contributed by atoms with Crippen LogP contribution in [-0.2, 0) is 19.1 Å². The zero-order valence-corrected chi connectivity index (χ0v) is 17.6. The van der Waals surface area contributed by atoms with Crippen LogP contribution in [0.4, 0.5) is 15.8 Å². The first-order chi connectivity index (χ1) is 15.4. The number of hydrogen-bond donors (Lipinski definition) is 2. The Bertz CT molecular complexity index is 1130. The van der Waals surface area contributed by atoms with Gasteiger partial charge in [0.15, 0.2) is 0 Å². The summed E-state index contributed by atoms with van der Waals surface area (Å²) in [6.45, 7) is -0.971. The van der Waals surface area contributed by atoms with Crippen LogP contribution in [0.3, 0.4) is 0 Å². The van der Waals surface area contributed by atoms with Gasteiger partial charge in [-0.05, 0) is 42.0 Å². The number of halogens is 2. The van der Waals surface area contributed by atoms with Gasteiger partial charge in [0.1, 0.15) is 19.0 Å². The van der Waals surface area contributed by atoms with E-state index in [1.165, 1.54) is 50.0 Å². The van der Waals surface area contributed by atoms with Gasteiger partial charge < -0.3 is 24.5 Å². The molecule has 0 fully saturated rings. The lowest BCUT2D eigenvalue weighted by atomic mass is 10.1. The van der Waals surface area contributed by atoms with Crippen molar-refractivity contribution in [2.75, 3.05) is 31.0 Å². The lowest BCUT2D eigenvalue weighted by molar-refractivity contribution is -0.125. The summed E-state index contributed by atoms with van der Waals surface area (Å²) in [5.41, 5.74) is 1.59. The maximum atomic E-state index is 14.0. The zero-order chi connectivity index (χ0) is 23.1. The molecule has 0 aliphatic rings. The molecule has 0 aliphatic heterocycles. The molecule has 2 amide bonds. The first-order valence-electron chi connectivity index (χ1n) is 9.25. The number of methoxy groups -OCH3 is 1. The third-order valence-electron chi connectivity index (χ3n) is 4.22. The molecular formula is C22H18ClFN2O6. The highest BCUT2D eigenvalue weighted by Gasteiger charge is 2.15. The number of esters is 1. The molecule has 3 rings (SSSR count). The van der Waals surface area contributed by atoms with Crippen LogP contribution in [0.15, 0.2) is 59.4 Å². The SMILES string of the molecule is COC(=O)c1cc(Cl)ccc1NC(=O)COCC(=O)Nc1cc(-c2ccoc2)ccc1F. The number of furan rings is 1. The molecular weight excluding hydrogens is 443 g/mol. The molecule has 0 aliphatic carbocycles. The normalized spacial score (nSPS) is 10.5. The van der Waals surface area contributed by atoms with Crippen molar-refractivity contribution in [3.63, 3.8) is 0 Å². The maximum absolute atomic E-state index is 14.0. The van der Waals surface area contributed by atoms with Crippen molar-refractivity contribution >= 4 is 40.8 Å². The zero-order valence-electron chi connectivity index (χ0n) is 16.8. The molecule has 0 atom stereocenters. The second-order valence-corrected chi connectivity index (χ2v) is 6.91. The molecule has 2 aromatic carbocycles. The largest absolute Gasteiger partial charge is 0.472 e. The van der Waals surface area contributed by atoms with Gasteiger partial charge in [0.25, 0.3) is 0 Å². The molecule has 166 valence electrons. The average Bonchev–Trinajstić information content (AvgIpc) is 3.31. The number of nitrogens with one attached hydrogen (secondary N) is 2. The Balaban J connectivity index is 1.53.